The SMILES string of the molecule is CCCCC(=O)Nc1nnc(SCc2ccc(C(C)(C)C)cc2)s1. The van der Waals surface area contributed by atoms with Crippen molar-refractivity contribution < 1.29 is 4.79 Å². The van der Waals surface area contributed by atoms with Gasteiger partial charge in [-0.1, -0.05) is 81.5 Å². The fourth-order valence-electron chi connectivity index (χ4n) is 2.08. The van der Waals surface area contributed by atoms with Gasteiger partial charge in [0.05, 0.1) is 0 Å². The highest BCUT2D eigenvalue weighted by Crippen LogP contribution is 2.29. The van der Waals surface area contributed by atoms with E-state index in [1.807, 2.05) is 0 Å². The van der Waals surface area contributed by atoms with Gasteiger partial charge in [0, 0.05) is 12.2 Å². The van der Waals surface area contributed by atoms with Crippen molar-refractivity contribution >= 4 is 34.1 Å². The molecule has 24 heavy (non-hydrogen) atoms. The largest absolute Gasteiger partial charge is 0.301 e. The molecule has 1 heterocycles. The summed E-state index contributed by atoms with van der Waals surface area (Å²) < 4.78 is 0.876. The third-order valence-electron chi connectivity index (χ3n) is 3.59. The van der Waals surface area contributed by atoms with Crippen molar-refractivity contribution in [3.8, 4) is 0 Å². The first kappa shape index (κ1) is 18.9. The second-order valence-electron chi connectivity index (χ2n) is 6.76. The molecule has 1 aromatic carbocycles. The van der Waals surface area contributed by atoms with E-state index in [1.165, 1.54) is 22.5 Å². The molecular weight excluding hydrogens is 338 g/mol. The maximum Gasteiger partial charge on any atom is 0.226 e. The number of benzene rings is 1. The molecule has 0 atom stereocenters. The van der Waals surface area contributed by atoms with E-state index in [4.69, 9.17) is 0 Å². The lowest BCUT2D eigenvalue weighted by Gasteiger charge is -2.19. The van der Waals surface area contributed by atoms with Crippen LogP contribution in [0.25, 0.3) is 0 Å². The van der Waals surface area contributed by atoms with Crippen LogP contribution < -0.4 is 5.32 Å². The molecule has 2 rings (SSSR count). The van der Waals surface area contributed by atoms with Crippen LogP contribution in [0.3, 0.4) is 0 Å². The molecule has 1 aromatic heterocycles. The van der Waals surface area contributed by atoms with Gasteiger partial charge in [0.2, 0.25) is 11.0 Å². The Labute approximate surface area is 152 Å². The molecular formula is C18H25N3OS2. The summed E-state index contributed by atoms with van der Waals surface area (Å²) in [6, 6.07) is 8.72. The Bertz CT molecular complexity index is 660. The number of nitrogens with zero attached hydrogens (tertiary/aromatic N) is 2. The number of carbonyl (C=O) groups excluding carboxylic acids is 1. The number of hydrogen-bond donors (Lipinski definition) is 1. The van der Waals surface area contributed by atoms with Crippen LogP contribution in [0.2, 0.25) is 0 Å². The Morgan fingerprint density at radius 1 is 1.21 bits per heavy atom. The lowest BCUT2D eigenvalue weighted by atomic mass is 9.87. The van der Waals surface area contributed by atoms with E-state index in [0.29, 0.717) is 11.6 Å². The van der Waals surface area contributed by atoms with Crippen molar-refractivity contribution in [2.45, 2.75) is 62.5 Å². The average molecular weight is 364 g/mol. The minimum atomic E-state index is 0.0160. The predicted octanol–water partition coefficient (Wildman–Crippen LogP) is 5.26. The molecule has 2 aromatic rings. The molecule has 6 heteroatoms. The zero-order valence-corrected chi connectivity index (χ0v) is 16.4. The summed E-state index contributed by atoms with van der Waals surface area (Å²) in [5.74, 6) is 0.866. The quantitative estimate of drug-likeness (QED) is 0.539. The van der Waals surface area contributed by atoms with E-state index in [0.717, 1.165) is 22.9 Å². The van der Waals surface area contributed by atoms with Crippen LogP contribution >= 0.6 is 23.1 Å². The normalized spacial score (nSPS) is 11.5. The zero-order valence-electron chi connectivity index (χ0n) is 14.8. The van der Waals surface area contributed by atoms with E-state index < -0.39 is 0 Å². The third kappa shape index (κ3) is 5.91. The minimum absolute atomic E-state index is 0.0160. The van der Waals surface area contributed by atoms with Gasteiger partial charge in [0.25, 0.3) is 0 Å². The van der Waals surface area contributed by atoms with Crippen LogP contribution in [0, 0.1) is 0 Å². The van der Waals surface area contributed by atoms with Crippen LogP contribution in [0.1, 0.15) is 58.1 Å². The summed E-state index contributed by atoms with van der Waals surface area (Å²) >= 11 is 3.08. The molecule has 0 radical (unpaired) electrons. The summed E-state index contributed by atoms with van der Waals surface area (Å²) in [6.45, 7) is 8.72. The fourth-order valence-corrected chi connectivity index (χ4v) is 3.81. The molecule has 0 saturated carbocycles. The molecule has 0 unspecified atom stereocenters. The summed E-state index contributed by atoms with van der Waals surface area (Å²) in [7, 11) is 0. The first-order chi connectivity index (χ1) is 11.4. The number of aromatic nitrogens is 2. The van der Waals surface area contributed by atoms with Crippen LogP contribution in [0.5, 0.6) is 0 Å². The topological polar surface area (TPSA) is 54.9 Å². The Morgan fingerprint density at radius 2 is 1.92 bits per heavy atom. The lowest BCUT2D eigenvalue weighted by molar-refractivity contribution is -0.116. The van der Waals surface area contributed by atoms with Gasteiger partial charge in [0.15, 0.2) is 4.34 Å². The molecule has 0 fully saturated rings. The monoisotopic (exact) mass is 363 g/mol. The van der Waals surface area contributed by atoms with Crippen LogP contribution in [0.15, 0.2) is 28.6 Å². The van der Waals surface area contributed by atoms with Crippen LogP contribution in [-0.2, 0) is 16.0 Å². The number of hydrogen-bond acceptors (Lipinski definition) is 5. The van der Waals surface area contributed by atoms with Gasteiger partial charge in [-0.3, -0.25) is 4.79 Å². The molecule has 0 aliphatic rings. The third-order valence-corrected chi connectivity index (χ3v) is 5.64. The highest BCUT2D eigenvalue weighted by molar-refractivity contribution is 8.00. The number of anilines is 1. The second kappa shape index (κ2) is 8.62. The number of thioether (sulfide) groups is 1. The minimum Gasteiger partial charge on any atom is -0.301 e. The Hall–Kier alpha value is -1.40. The van der Waals surface area contributed by atoms with E-state index in [2.05, 4.69) is 67.5 Å². The van der Waals surface area contributed by atoms with Crippen molar-refractivity contribution in [3.05, 3.63) is 35.4 Å². The van der Waals surface area contributed by atoms with E-state index >= 15 is 0 Å². The Kier molecular flexibility index (Phi) is 6.80. The summed E-state index contributed by atoms with van der Waals surface area (Å²) in [4.78, 5) is 11.7. The molecule has 0 aliphatic carbocycles. The van der Waals surface area contributed by atoms with Gasteiger partial charge in [-0.15, -0.1) is 10.2 Å². The number of amides is 1. The van der Waals surface area contributed by atoms with Crippen molar-refractivity contribution in [1.29, 1.82) is 0 Å². The molecule has 0 aliphatic heterocycles. The summed E-state index contributed by atoms with van der Waals surface area (Å²) in [5, 5.41) is 11.6. The number of rotatable bonds is 7. The van der Waals surface area contributed by atoms with E-state index in [-0.39, 0.29) is 11.3 Å². The highest BCUT2D eigenvalue weighted by atomic mass is 32.2. The van der Waals surface area contributed by atoms with Gasteiger partial charge in [-0.25, -0.2) is 0 Å². The second-order valence-corrected chi connectivity index (χ2v) is 8.96. The van der Waals surface area contributed by atoms with Gasteiger partial charge in [0.1, 0.15) is 0 Å². The van der Waals surface area contributed by atoms with Crippen molar-refractivity contribution in [2.75, 3.05) is 5.32 Å². The lowest BCUT2D eigenvalue weighted by Crippen LogP contribution is -2.10. The fraction of sp³-hybridized carbons (Fsp3) is 0.500. The molecule has 0 bridgehead atoms. The first-order valence-corrected chi connectivity index (χ1v) is 10.0. The summed E-state index contributed by atoms with van der Waals surface area (Å²) in [6.07, 6.45) is 2.45. The van der Waals surface area contributed by atoms with Crippen molar-refractivity contribution in [3.63, 3.8) is 0 Å². The van der Waals surface area contributed by atoms with Gasteiger partial charge in [-0.05, 0) is 23.0 Å². The van der Waals surface area contributed by atoms with E-state index in [1.54, 1.807) is 11.8 Å². The maximum atomic E-state index is 11.7. The van der Waals surface area contributed by atoms with Gasteiger partial charge >= 0.3 is 0 Å². The Morgan fingerprint density at radius 3 is 2.54 bits per heavy atom. The molecule has 1 N–H and O–H groups in total. The van der Waals surface area contributed by atoms with E-state index in [9.17, 15) is 4.79 Å². The number of unbranched alkanes of at least 4 members (excludes halogenated alkanes) is 1. The average Bonchev–Trinajstić information content (AvgIpc) is 2.98. The maximum absolute atomic E-state index is 11.7. The number of carbonyl (C=O) groups is 1. The molecule has 0 spiro atoms. The van der Waals surface area contributed by atoms with Crippen LogP contribution in [0.4, 0.5) is 5.13 Å². The van der Waals surface area contributed by atoms with Crippen molar-refractivity contribution in [1.82, 2.24) is 10.2 Å². The standard InChI is InChI=1S/C18H25N3OS2/c1-5-6-7-15(22)19-16-20-21-17(24-16)23-12-13-8-10-14(11-9-13)18(2,3)4/h8-11H,5-7,12H2,1-4H3,(H,19,20,22). The van der Waals surface area contributed by atoms with Gasteiger partial charge in [-0.2, -0.15) is 0 Å². The molecule has 0 saturated heterocycles. The Balaban J connectivity index is 1.85. The predicted molar refractivity (Wildman–Crippen MR) is 103 cm³/mol. The molecule has 4 nitrogen and oxygen atoms in total. The first-order valence-electron chi connectivity index (χ1n) is 8.24. The summed E-state index contributed by atoms with van der Waals surface area (Å²) in [5.41, 5.74) is 2.77. The molecule has 130 valence electrons. The number of nitrogens with one attached hydrogen (secondary N) is 1. The van der Waals surface area contributed by atoms with Crippen LogP contribution in [-0.4, -0.2) is 16.1 Å². The van der Waals surface area contributed by atoms with Crippen molar-refractivity contribution in [2.24, 2.45) is 0 Å². The zero-order chi connectivity index (χ0) is 17.6. The highest BCUT2D eigenvalue weighted by Gasteiger charge is 2.13. The smallest absolute Gasteiger partial charge is 0.226 e. The van der Waals surface area contributed by atoms with Gasteiger partial charge < -0.3 is 5.32 Å². The molecule has 1 amide bonds.